The van der Waals surface area contributed by atoms with Crippen LogP contribution in [0.3, 0.4) is 0 Å². The van der Waals surface area contributed by atoms with Gasteiger partial charge in [0.1, 0.15) is 0 Å². The molecule has 23 heavy (non-hydrogen) atoms. The summed E-state index contributed by atoms with van der Waals surface area (Å²) in [5, 5.41) is 5.80. The molecule has 1 aromatic carbocycles. The Kier molecular flexibility index (Phi) is 4.84. The minimum Gasteiger partial charge on any atom is -0.338 e. The second-order valence-corrected chi connectivity index (χ2v) is 6.54. The van der Waals surface area contributed by atoms with E-state index in [2.05, 4.69) is 17.6 Å². The topological polar surface area (TPSA) is 61.4 Å². The Morgan fingerprint density at radius 3 is 2.83 bits per heavy atom. The van der Waals surface area contributed by atoms with Gasteiger partial charge in [-0.3, -0.25) is 4.79 Å². The van der Waals surface area contributed by atoms with Crippen molar-refractivity contribution in [3.05, 3.63) is 29.8 Å². The predicted octanol–water partition coefficient (Wildman–Crippen LogP) is 2.91. The van der Waals surface area contributed by atoms with E-state index < -0.39 is 0 Å². The molecule has 1 aliphatic carbocycles. The third-order valence-corrected chi connectivity index (χ3v) is 4.85. The number of benzene rings is 1. The molecule has 5 nitrogen and oxygen atoms in total. The summed E-state index contributed by atoms with van der Waals surface area (Å²) in [6, 6.07) is 7.90. The average Bonchev–Trinajstić information content (AvgIpc) is 3.17. The molecule has 0 radical (unpaired) electrons. The molecule has 124 valence electrons. The molecule has 1 saturated heterocycles. The highest BCUT2D eigenvalue weighted by atomic mass is 16.2. The number of nitrogens with zero attached hydrogens (tertiary/aromatic N) is 1. The third kappa shape index (κ3) is 3.84. The molecule has 1 aromatic rings. The van der Waals surface area contributed by atoms with Crippen molar-refractivity contribution in [1.29, 1.82) is 0 Å². The quantitative estimate of drug-likeness (QED) is 0.897. The van der Waals surface area contributed by atoms with Gasteiger partial charge in [-0.2, -0.15) is 0 Å². The Balaban J connectivity index is 1.53. The van der Waals surface area contributed by atoms with Crippen LogP contribution in [0.25, 0.3) is 0 Å². The van der Waals surface area contributed by atoms with Crippen LogP contribution in [0.4, 0.5) is 10.5 Å². The number of hydrogen-bond acceptors (Lipinski definition) is 2. The summed E-state index contributed by atoms with van der Waals surface area (Å²) < 4.78 is 0. The Morgan fingerprint density at radius 2 is 2.09 bits per heavy atom. The fraction of sp³-hybridized carbons (Fsp3) is 0.556. The molecule has 2 aliphatic rings. The van der Waals surface area contributed by atoms with Gasteiger partial charge in [0.15, 0.2) is 0 Å². The third-order valence-electron chi connectivity index (χ3n) is 4.85. The summed E-state index contributed by atoms with van der Waals surface area (Å²) in [6.45, 7) is 2.73. The fourth-order valence-electron chi connectivity index (χ4n) is 3.62. The van der Waals surface area contributed by atoms with Crippen LogP contribution in [0.5, 0.6) is 0 Å². The van der Waals surface area contributed by atoms with E-state index in [1.807, 2.05) is 29.2 Å². The van der Waals surface area contributed by atoms with E-state index in [0.29, 0.717) is 19.0 Å². The largest absolute Gasteiger partial charge is 0.338 e. The highest BCUT2D eigenvalue weighted by molar-refractivity contribution is 5.90. The van der Waals surface area contributed by atoms with Crippen molar-refractivity contribution in [2.45, 2.75) is 57.5 Å². The van der Waals surface area contributed by atoms with Crippen molar-refractivity contribution < 1.29 is 9.59 Å². The van der Waals surface area contributed by atoms with Crippen LogP contribution >= 0.6 is 0 Å². The van der Waals surface area contributed by atoms with Crippen LogP contribution in [0.15, 0.2) is 24.3 Å². The Morgan fingerprint density at radius 1 is 1.30 bits per heavy atom. The summed E-state index contributed by atoms with van der Waals surface area (Å²) in [5.74, 6) is 0.176. The first-order valence-corrected chi connectivity index (χ1v) is 8.61. The smallest absolute Gasteiger partial charge is 0.319 e. The van der Waals surface area contributed by atoms with Crippen molar-refractivity contribution in [1.82, 2.24) is 10.2 Å². The molecular weight excluding hydrogens is 290 g/mol. The molecule has 0 spiro atoms. The number of likely N-dealkylation sites (tertiary alicyclic amines) is 1. The Hall–Kier alpha value is -2.04. The van der Waals surface area contributed by atoms with Crippen molar-refractivity contribution in [3.8, 4) is 0 Å². The number of carbonyl (C=O) groups excluding carboxylic acids is 2. The molecule has 0 bridgehead atoms. The van der Waals surface area contributed by atoms with Crippen molar-refractivity contribution >= 4 is 17.6 Å². The molecule has 2 N–H and O–H groups in total. The van der Waals surface area contributed by atoms with E-state index in [-0.39, 0.29) is 18.0 Å². The van der Waals surface area contributed by atoms with Gasteiger partial charge in [0, 0.05) is 24.7 Å². The van der Waals surface area contributed by atoms with Gasteiger partial charge in [0.05, 0.1) is 6.04 Å². The average molecular weight is 315 g/mol. The van der Waals surface area contributed by atoms with Gasteiger partial charge in [-0.25, -0.2) is 4.79 Å². The van der Waals surface area contributed by atoms with Gasteiger partial charge in [-0.05, 0) is 37.0 Å². The van der Waals surface area contributed by atoms with Gasteiger partial charge in [0.2, 0.25) is 5.91 Å². The maximum Gasteiger partial charge on any atom is 0.319 e. The van der Waals surface area contributed by atoms with E-state index in [4.69, 9.17) is 0 Å². The minimum atomic E-state index is -0.232. The molecule has 1 unspecified atom stereocenters. The first-order valence-electron chi connectivity index (χ1n) is 8.61. The Bertz CT molecular complexity index is 581. The maximum absolute atomic E-state index is 12.2. The molecule has 1 atom stereocenters. The van der Waals surface area contributed by atoms with Crippen LogP contribution < -0.4 is 10.6 Å². The minimum absolute atomic E-state index is 0.0857. The van der Waals surface area contributed by atoms with Crippen LogP contribution in [-0.2, 0) is 11.2 Å². The maximum atomic E-state index is 12.2. The highest BCUT2D eigenvalue weighted by Crippen LogP contribution is 2.27. The van der Waals surface area contributed by atoms with E-state index in [1.165, 1.54) is 18.4 Å². The standard InChI is InChI=1S/C18H25N3O2/c1-2-13-6-5-7-14(10-13)19-18(23)20-15-11-17(22)21(12-15)16-8-3-4-9-16/h5-7,10,15-16H,2-4,8-9,11-12H2,1H3,(H2,19,20,23). The predicted molar refractivity (Wildman–Crippen MR) is 90.3 cm³/mol. The second kappa shape index (κ2) is 7.02. The number of nitrogens with one attached hydrogen (secondary N) is 2. The lowest BCUT2D eigenvalue weighted by atomic mass is 10.1. The first-order chi connectivity index (χ1) is 11.2. The molecule has 1 aliphatic heterocycles. The van der Waals surface area contributed by atoms with E-state index in [9.17, 15) is 9.59 Å². The zero-order chi connectivity index (χ0) is 16.2. The zero-order valence-corrected chi connectivity index (χ0v) is 13.7. The van der Waals surface area contributed by atoms with Gasteiger partial charge >= 0.3 is 6.03 Å². The molecule has 2 fully saturated rings. The Labute approximate surface area is 137 Å². The van der Waals surface area contributed by atoms with Crippen LogP contribution in [0.1, 0.15) is 44.6 Å². The molecule has 3 rings (SSSR count). The van der Waals surface area contributed by atoms with Crippen LogP contribution in [0.2, 0.25) is 0 Å². The van der Waals surface area contributed by atoms with Crippen molar-refractivity contribution in [3.63, 3.8) is 0 Å². The number of amides is 3. The van der Waals surface area contributed by atoms with Gasteiger partial charge in [0.25, 0.3) is 0 Å². The van der Waals surface area contributed by atoms with Gasteiger partial charge in [-0.1, -0.05) is 31.9 Å². The number of aryl methyl sites for hydroxylation is 1. The van der Waals surface area contributed by atoms with E-state index in [0.717, 1.165) is 24.9 Å². The summed E-state index contributed by atoms with van der Waals surface area (Å²) in [5.41, 5.74) is 1.98. The van der Waals surface area contributed by atoms with Crippen molar-refractivity contribution in [2.75, 3.05) is 11.9 Å². The number of hydrogen-bond donors (Lipinski definition) is 2. The van der Waals surface area contributed by atoms with Crippen LogP contribution in [0, 0.1) is 0 Å². The number of anilines is 1. The SMILES string of the molecule is CCc1cccc(NC(=O)NC2CC(=O)N(C3CCCC3)C2)c1. The van der Waals surface area contributed by atoms with E-state index >= 15 is 0 Å². The summed E-state index contributed by atoms with van der Waals surface area (Å²) in [4.78, 5) is 26.3. The van der Waals surface area contributed by atoms with E-state index in [1.54, 1.807) is 0 Å². The molecule has 1 saturated carbocycles. The molecule has 1 heterocycles. The lowest BCUT2D eigenvalue weighted by molar-refractivity contribution is -0.129. The summed E-state index contributed by atoms with van der Waals surface area (Å²) >= 11 is 0. The zero-order valence-electron chi connectivity index (χ0n) is 13.7. The molecular formula is C18H25N3O2. The molecule has 5 heteroatoms. The monoisotopic (exact) mass is 315 g/mol. The highest BCUT2D eigenvalue weighted by Gasteiger charge is 2.35. The summed E-state index contributed by atoms with van der Waals surface area (Å²) in [7, 11) is 0. The van der Waals surface area contributed by atoms with Gasteiger partial charge in [-0.15, -0.1) is 0 Å². The lowest BCUT2D eigenvalue weighted by Crippen LogP contribution is -2.41. The number of carbonyl (C=O) groups is 2. The lowest BCUT2D eigenvalue weighted by Gasteiger charge is -2.24. The van der Waals surface area contributed by atoms with Crippen molar-refractivity contribution in [2.24, 2.45) is 0 Å². The summed E-state index contributed by atoms with van der Waals surface area (Å²) in [6.07, 6.45) is 5.98. The van der Waals surface area contributed by atoms with Crippen LogP contribution in [-0.4, -0.2) is 35.5 Å². The number of rotatable bonds is 4. The second-order valence-electron chi connectivity index (χ2n) is 6.54. The first kappa shape index (κ1) is 15.8. The molecule has 3 amide bonds. The molecule has 0 aromatic heterocycles. The van der Waals surface area contributed by atoms with Gasteiger partial charge < -0.3 is 15.5 Å². The normalized spacial score (nSPS) is 21.7. The number of urea groups is 1. The fourth-order valence-corrected chi connectivity index (χ4v) is 3.62.